The summed E-state index contributed by atoms with van der Waals surface area (Å²) < 4.78 is 5.03. The molecule has 0 radical (unpaired) electrons. The molecular formula is C16H13NO5. The van der Waals surface area contributed by atoms with Crippen molar-refractivity contribution in [2.75, 3.05) is 0 Å². The van der Waals surface area contributed by atoms with Gasteiger partial charge in [0.15, 0.2) is 0 Å². The highest BCUT2D eigenvalue weighted by molar-refractivity contribution is 5.87. The number of ether oxygens (including phenoxy) is 1. The minimum atomic E-state index is -0.522. The fourth-order valence-electron chi connectivity index (χ4n) is 1.67. The van der Waals surface area contributed by atoms with Crippen LogP contribution in [0.3, 0.4) is 0 Å². The van der Waals surface area contributed by atoms with Crippen molar-refractivity contribution in [3.05, 3.63) is 75.8 Å². The van der Waals surface area contributed by atoms with Crippen molar-refractivity contribution in [1.29, 1.82) is 0 Å². The van der Waals surface area contributed by atoms with Crippen LogP contribution >= 0.6 is 0 Å². The summed E-state index contributed by atoms with van der Waals surface area (Å²) >= 11 is 0. The van der Waals surface area contributed by atoms with Crippen LogP contribution in [0.25, 0.3) is 6.08 Å². The fourth-order valence-corrected chi connectivity index (χ4v) is 1.67. The minimum Gasteiger partial charge on any atom is -0.508 e. The molecular weight excluding hydrogens is 286 g/mol. The number of carbonyl (C=O) groups is 1. The third kappa shape index (κ3) is 4.45. The van der Waals surface area contributed by atoms with E-state index in [-0.39, 0.29) is 18.0 Å². The Balaban J connectivity index is 1.87. The lowest BCUT2D eigenvalue weighted by Crippen LogP contribution is -2.00. The highest BCUT2D eigenvalue weighted by Gasteiger charge is 2.05. The van der Waals surface area contributed by atoms with Crippen LogP contribution in [0.5, 0.6) is 5.75 Å². The first-order valence-corrected chi connectivity index (χ1v) is 6.42. The van der Waals surface area contributed by atoms with E-state index in [0.29, 0.717) is 5.56 Å². The molecule has 0 heterocycles. The number of carbonyl (C=O) groups excluding carboxylic acids is 1. The van der Waals surface area contributed by atoms with Gasteiger partial charge in [-0.15, -0.1) is 0 Å². The number of nitro benzene ring substituents is 1. The Morgan fingerprint density at radius 3 is 2.36 bits per heavy atom. The van der Waals surface area contributed by atoms with Crippen LogP contribution in [-0.2, 0) is 16.1 Å². The van der Waals surface area contributed by atoms with E-state index in [2.05, 4.69) is 0 Å². The van der Waals surface area contributed by atoms with Gasteiger partial charge in [0.1, 0.15) is 12.4 Å². The normalized spacial score (nSPS) is 10.5. The van der Waals surface area contributed by atoms with Gasteiger partial charge < -0.3 is 9.84 Å². The zero-order chi connectivity index (χ0) is 15.9. The van der Waals surface area contributed by atoms with Crippen molar-refractivity contribution in [3.63, 3.8) is 0 Å². The number of non-ortho nitro benzene ring substituents is 1. The van der Waals surface area contributed by atoms with E-state index >= 15 is 0 Å². The molecule has 0 fully saturated rings. The maximum atomic E-state index is 11.6. The first kappa shape index (κ1) is 15.2. The SMILES string of the molecule is O=C(/C=C/c1ccc(O)cc1)OCc1ccc([N+](=O)[O-])cc1. The van der Waals surface area contributed by atoms with E-state index in [1.54, 1.807) is 18.2 Å². The Hall–Kier alpha value is -3.15. The van der Waals surface area contributed by atoms with Crippen molar-refractivity contribution in [3.8, 4) is 5.75 Å². The van der Waals surface area contributed by atoms with Gasteiger partial charge in [0, 0.05) is 18.2 Å². The molecule has 2 rings (SSSR count). The molecule has 0 aliphatic heterocycles. The Morgan fingerprint density at radius 2 is 1.77 bits per heavy atom. The molecule has 0 spiro atoms. The first-order valence-electron chi connectivity index (χ1n) is 6.42. The van der Waals surface area contributed by atoms with Crippen LogP contribution in [0.4, 0.5) is 5.69 Å². The molecule has 0 unspecified atom stereocenters. The largest absolute Gasteiger partial charge is 0.508 e. The number of benzene rings is 2. The van der Waals surface area contributed by atoms with Crippen molar-refractivity contribution in [1.82, 2.24) is 0 Å². The molecule has 6 heteroatoms. The Kier molecular flexibility index (Phi) is 4.87. The second kappa shape index (κ2) is 7.03. The summed E-state index contributed by atoms with van der Waals surface area (Å²) in [4.78, 5) is 21.6. The Morgan fingerprint density at radius 1 is 1.14 bits per heavy atom. The molecule has 22 heavy (non-hydrogen) atoms. The molecule has 2 aromatic carbocycles. The highest BCUT2D eigenvalue weighted by Crippen LogP contribution is 2.13. The first-order chi connectivity index (χ1) is 10.5. The monoisotopic (exact) mass is 299 g/mol. The van der Waals surface area contributed by atoms with Gasteiger partial charge in [-0.2, -0.15) is 0 Å². The number of hydrogen-bond acceptors (Lipinski definition) is 5. The Bertz CT molecular complexity index is 689. The fraction of sp³-hybridized carbons (Fsp3) is 0.0625. The Labute approximate surface area is 126 Å². The number of phenols is 1. The smallest absolute Gasteiger partial charge is 0.331 e. The number of phenolic OH excluding ortho intramolecular Hbond substituents is 1. The van der Waals surface area contributed by atoms with E-state index in [9.17, 15) is 14.9 Å². The van der Waals surface area contributed by atoms with Crippen LogP contribution in [0.15, 0.2) is 54.6 Å². The third-order valence-electron chi connectivity index (χ3n) is 2.83. The maximum Gasteiger partial charge on any atom is 0.331 e. The van der Waals surface area contributed by atoms with Gasteiger partial charge in [-0.1, -0.05) is 12.1 Å². The quantitative estimate of drug-likeness (QED) is 0.396. The van der Waals surface area contributed by atoms with Crippen LogP contribution in [0.1, 0.15) is 11.1 Å². The lowest BCUT2D eigenvalue weighted by molar-refractivity contribution is -0.384. The summed E-state index contributed by atoms with van der Waals surface area (Å²) in [7, 11) is 0. The van der Waals surface area contributed by atoms with Gasteiger partial charge in [-0.25, -0.2) is 4.79 Å². The molecule has 0 aromatic heterocycles. The predicted molar refractivity (Wildman–Crippen MR) is 80.0 cm³/mol. The number of nitrogens with zero attached hydrogens (tertiary/aromatic N) is 1. The van der Waals surface area contributed by atoms with Crippen molar-refractivity contribution >= 4 is 17.7 Å². The predicted octanol–water partition coefficient (Wildman–Crippen LogP) is 3.06. The summed E-state index contributed by atoms with van der Waals surface area (Å²) in [6.07, 6.45) is 2.84. The highest BCUT2D eigenvalue weighted by atomic mass is 16.6. The van der Waals surface area contributed by atoms with Crippen molar-refractivity contribution < 1.29 is 19.6 Å². The van der Waals surface area contributed by atoms with Crippen LogP contribution < -0.4 is 0 Å². The van der Waals surface area contributed by atoms with Gasteiger partial charge in [0.05, 0.1) is 4.92 Å². The van der Waals surface area contributed by atoms with Gasteiger partial charge in [0.25, 0.3) is 5.69 Å². The standard InChI is InChI=1S/C16H13NO5/c18-15-8-3-12(4-9-15)5-10-16(19)22-11-13-1-6-14(7-2-13)17(20)21/h1-10,18H,11H2/b10-5+. The molecule has 112 valence electrons. The van der Waals surface area contributed by atoms with E-state index in [1.807, 2.05) is 0 Å². The molecule has 2 aromatic rings. The zero-order valence-electron chi connectivity index (χ0n) is 11.5. The van der Waals surface area contributed by atoms with Crippen LogP contribution in [-0.4, -0.2) is 16.0 Å². The third-order valence-corrected chi connectivity index (χ3v) is 2.83. The molecule has 0 atom stereocenters. The summed E-state index contributed by atoms with van der Waals surface area (Å²) in [6.45, 7) is 0.0384. The number of aromatic hydroxyl groups is 1. The number of esters is 1. The molecule has 0 saturated heterocycles. The van der Waals surface area contributed by atoms with Gasteiger partial charge in [0.2, 0.25) is 0 Å². The van der Waals surface area contributed by atoms with Gasteiger partial charge in [-0.05, 0) is 41.5 Å². The average molecular weight is 299 g/mol. The lowest BCUT2D eigenvalue weighted by atomic mass is 10.2. The van der Waals surface area contributed by atoms with E-state index in [4.69, 9.17) is 9.84 Å². The molecule has 0 aliphatic carbocycles. The molecule has 6 nitrogen and oxygen atoms in total. The second-order valence-electron chi connectivity index (χ2n) is 4.46. The van der Waals surface area contributed by atoms with E-state index in [0.717, 1.165) is 5.56 Å². The minimum absolute atomic E-state index is 0.0118. The summed E-state index contributed by atoms with van der Waals surface area (Å²) in [6, 6.07) is 12.1. The molecule has 0 aliphatic rings. The second-order valence-corrected chi connectivity index (χ2v) is 4.46. The van der Waals surface area contributed by atoms with E-state index in [1.165, 1.54) is 42.5 Å². The number of rotatable bonds is 5. The zero-order valence-corrected chi connectivity index (χ0v) is 11.5. The lowest BCUT2D eigenvalue weighted by Gasteiger charge is -2.02. The summed E-state index contributed by atoms with van der Waals surface area (Å²) in [5, 5.41) is 19.7. The van der Waals surface area contributed by atoms with Crippen molar-refractivity contribution in [2.45, 2.75) is 6.61 Å². The maximum absolute atomic E-state index is 11.6. The van der Waals surface area contributed by atoms with Gasteiger partial charge >= 0.3 is 5.97 Å². The molecule has 0 bridgehead atoms. The van der Waals surface area contributed by atoms with Gasteiger partial charge in [-0.3, -0.25) is 10.1 Å². The summed E-state index contributed by atoms with van der Waals surface area (Å²) in [5.41, 5.74) is 1.41. The molecule has 0 amide bonds. The van der Waals surface area contributed by atoms with E-state index < -0.39 is 10.9 Å². The molecule has 0 saturated carbocycles. The van der Waals surface area contributed by atoms with Crippen LogP contribution in [0, 0.1) is 10.1 Å². The summed E-state index contributed by atoms with van der Waals surface area (Å²) in [5.74, 6) is -0.371. The number of nitro groups is 1. The van der Waals surface area contributed by atoms with Crippen LogP contribution in [0.2, 0.25) is 0 Å². The van der Waals surface area contributed by atoms with Crippen molar-refractivity contribution in [2.24, 2.45) is 0 Å². The molecule has 1 N–H and O–H groups in total. The topological polar surface area (TPSA) is 89.7 Å². The average Bonchev–Trinajstić information content (AvgIpc) is 2.52. The number of hydrogen-bond donors (Lipinski definition) is 1.